The van der Waals surface area contributed by atoms with Gasteiger partial charge in [-0.15, -0.1) is 0 Å². The van der Waals surface area contributed by atoms with E-state index in [0.717, 1.165) is 19.0 Å². The Bertz CT molecular complexity index is 1350. The molecule has 2 aromatic carbocycles. The van der Waals surface area contributed by atoms with Crippen LogP contribution < -0.4 is 10.6 Å². The van der Waals surface area contributed by atoms with E-state index in [2.05, 4.69) is 43.9 Å². The first-order chi connectivity index (χ1) is 16.8. The number of aromatic nitrogens is 2. The molecule has 2 heterocycles. The predicted molar refractivity (Wildman–Crippen MR) is 135 cm³/mol. The van der Waals surface area contributed by atoms with E-state index in [1.165, 1.54) is 12.4 Å². The number of carbonyl (C=O) groups is 1. The summed E-state index contributed by atoms with van der Waals surface area (Å²) in [7, 11) is 0. The summed E-state index contributed by atoms with van der Waals surface area (Å²) in [5, 5.41) is 6.27. The molecule has 0 bridgehead atoms. The molecule has 0 spiro atoms. The van der Waals surface area contributed by atoms with Gasteiger partial charge in [-0.1, -0.05) is 36.1 Å². The maximum atomic E-state index is 14.5. The minimum atomic E-state index is -0.602. The van der Waals surface area contributed by atoms with Gasteiger partial charge in [0, 0.05) is 23.9 Å². The molecule has 1 amide bonds. The monoisotopic (exact) mass is 495 g/mol. The van der Waals surface area contributed by atoms with Crippen molar-refractivity contribution in [2.24, 2.45) is 5.41 Å². The van der Waals surface area contributed by atoms with Crippen LogP contribution in [-0.4, -0.2) is 47.1 Å². The Labute approximate surface area is 207 Å². The first kappa shape index (κ1) is 24.6. The number of carbonyl (C=O) groups excluding carboxylic acids is 1. The summed E-state index contributed by atoms with van der Waals surface area (Å²) < 4.78 is 27.2. The van der Waals surface area contributed by atoms with Gasteiger partial charge in [-0.3, -0.25) is 9.69 Å². The van der Waals surface area contributed by atoms with Crippen molar-refractivity contribution in [1.82, 2.24) is 14.9 Å². The number of nitrogens with one attached hydrogen (secondary N) is 2. The number of amides is 1. The van der Waals surface area contributed by atoms with Crippen LogP contribution in [0.3, 0.4) is 0 Å². The molecule has 4 rings (SSSR count). The molecule has 1 atom stereocenters. The molecule has 180 valence electrons. The van der Waals surface area contributed by atoms with Gasteiger partial charge in [0.25, 0.3) is 0 Å². The lowest BCUT2D eigenvalue weighted by Gasteiger charge is -2.18. The van der Waals surface area contributed by atoms with Crippen LogP contribution in [0.2, 0.25) is 5.02 Å². The van der Waals surface area contributed by atoms with E-state index in [-0.39, 0.29) is 22.8 Å². The van der Waals surface area contributed by atoms with Crippen molar-refractivity contribution in [3.63, 3.8) is 0 Å². The number of anilines is 3. The first-order valence-electron chi connectivity index (χ1n) is 11.1. The Kier molecular flexibility index (Phi) is 7.29. The van der Waals surface area contributed by atoms with Gasteiger partial charge in [-0.05, 0) is 50.2 Å². The molecule has 1 fully saturated rings. The van der Waals surface area contributed by atoms with Crippen molar-refractivity contribution in [3.05, 3.63) is 65.7 Å². The summed E-state index contributed by atoms with van der Waals surface area (Å²) in [6, 6.07) is 8.07. The lowest BCUT2D eigenvalue weighted by molar-refractivity contribution is -0.111. The smallest absolute Gasteiger partial charge is 0.247 e. The summed E-state index contributed by atoms with van der Waals surface area (Å²) in [5.41, 5.74) is 1.43. The van der Waals surface area contributed by atoms with Crippen molar-refractivity contribution in [2.45, 2.75) is 13.3 Å². The minimum absolute atomic E-state index is 0.0182. The Hall–Kier alpha value is -3.54. The van der Waals surface area contributed by atoms with E-state index in [4.69, 9.17) is 11.6 Å². The standard InChI is InChI=1S/C26H24ClF2N5O/c1-3-23(35)32-21-14-18-22(13-17(21)7-8-26(2)9-11-34(15-26)12-10-28)30-16-31-25(18)33-20-6-4-5-19(27)24(20)29/h3-6,13-14,16H,1,9-12,15H2,2H3,(H,32,35)(H,30,31,33). The molecule has 35 heavy (non-hydrogen) atoms. The van der Waals surface area contributed by atoms with Crippen LogP contribution >= 0.6 is 11.6 Å². The Morgan fingerprint density at radius 2 is 2.17 bits per heavy atom. The van der Waals surface area contributed by atoms with Crippen LogP contribution in [0.15, 0.2) is 49.3 Å². The zero-order valence-electron chi connectivity index (χ0n) is 19.2. The van der Waals surface area contributed by atoms with E-state index >= 15 is 0 Å². The van der Waals surface area contributed by atoms with Gasteiger partial charge in [0.2, 0.25) is 5.91 Å². The third kappa shape index (κ3) is 5.59. The maximum Gasteiger partial charge on any atom is 0.247 e. The average Bonchev–Trinajstić information content (AvgIpc) is 3.22. The van der Waals surface area contributed by atoms with Crippen LogP contribution in [0, 0.1) is 23.1 Å². The molecule has 1 unspecified atom stereocenters. The molecule has 3 aromatic rings. The summed E-state index contributed by atoms with van der Waals surface area (Å²) in [6.45, 7) is 7.03. The Morgan fingerprint density at radius 3 is 2.94 bits per heavy atom. The maximum absolute atomic E-state index is 14.5. The normalized spacial score (nSPS) is 17.6. The molecule has 0 saturated carbocycles. The van der Waals surface area contributed by atoms with Gasteiger partial charge >= 0.3 is 0 Å². The number of halogens is 3. The van der Waals surface area contributed by atoms with Crippen LogP contribution in [0.1, 0.15) is 18.9 Å². The molecule has 0 radical (unpaired) electrons. The molecule has 9 heteroatoms. The quantitative estimate of drug-likeness (QED) is 0.357. The molecule has 0 aliphatic carbocycles. The van der Waals surface area contributed by atoms with Crippen LogP contribution in [0.4, 0.5) is 26.0 Å². The van der Waals surface area contributed by atoms with Crippen LogP contribution in [0.5, 0.6) is 0 Å². The lowest BCUT2D eigenvalue weighted by atomic mass is 9.90. The van der Waals surface area contributed by atoms with E-state index in [9.17, 15) is 13.6 Å². The number of alkyl halides is 1. The SMILES string of the molecule is C=CC(=O)Nc1cc2c(Nc3cccc(Cl)c3F)ncnc2cc1C#CC1(C)CCN(CCF)C1. The van der Waals surface area contributed by atoms with Crippen LogP contribution in [-0.2, 0) is 4.79 Å². The highest BCUT2D eigenvalue weighted by atomic mass is 35.5. The molecule has 1 aliphatic heterocycles. The topological polar surface area (TPSA) is 70.1 Å². The predicted octanol–water partition coefficient (Wildman–Crippen LogP) is 5.32. The van der Waals surface area contributed by atoms with Crippen molar-refractivity contribution >= 4 is 45.6 Å². The summed E-state index contributed by atoms with van der Waals surface area (Å²) >= 11 is 5.90. The molecule has 6 nitrogen and oxygen atoms in total. The fraction of sp³-hybridized carbons (Fsp3) is 0.269. The number of benzene rings is 2. The number of nitrogens with zero attached hydrogens (tertiary/aromatic N) is 3. The minimum Gasteiger partial charge on any atom is -0.337 e. The zero-order valence-corrected chi connectivity index (χ0v) is 19.9. The Balaban J connectivity index is 1.75. The number of fused-ring (bicyclic) bond motifs is 1. The van der Waals surface area contributed by atoms with E-state index in [1.807, 2.05) is 6.92 Å². The summed E-state index contributed by atoms with van der Waals surface area (Å²) in [5.74, 6) is 5.84. The van der Waals surface area contributed by atoms with Gasteiger partial charge in [0.15, 0.2) is 5.82 Å². The fourth-order valence-electron chi connectivity index (χ4n) is 4.01. The second-order valence-corrected chi connectivity index (χ2v) is 8.99. The zero-order chi connectivity index (χ0) is 25.0. The fourth-order valence-corrected chi connectivity index (χ4v) is 4.18. The van der Waals surface area contributed by atoms with Crippen molar-refractivity contribution in [3.8, 4) is 11.8 Å². The van der Waals surface area contributed by atoms with Crippen molar-refractivity contribution in [2.75, 3.05) is 36.9 Å². The van der Waals surface area contributed by atoms with E-state index in [0.29, 0.717) is 41.1 Å². The third-order valence-corrected chi connectivity index (χ3v) is 6.17. The highest BCUT2D eigenvalue weighted by molar-refractivity contribution is 6.31. The second kappa shape index (κ2) is 10.4. The van der Waals surface area contributed by atoms with Gasteiger partial charge in [0.05, 0.1) is 27.5 Å². The number of hydrogen-bond acceptors (Lipinski definition) is 5. The third-order valence-electron chi connectivity index (χ3n) is 5.87. The molecule has 2 N–H and O–H groups in total. The van der Waals surface area contributed by atoms with Crippen molar-refractivity contribution in [1.29, 1.82) is 0 Å². The molecular weight excluding hydrogens is 472 g/mol. The van der Waals surface area contributed by atoms with Gasteiger partial charge in [0.1, 0.15) is 18.8 Å². The van der Waals surface area contributed by atoms with E-state index in [1.54, 1.807) is 24.3 Å². The summed E-state index contributed by atoms with van der Waals surface area (Å²) in [6.07, 6.45) is 3.35. The molecule has 1 aromatic heterocycles. The molecule has 1 saturated heterocycles. The highest BCUT2D eigenvalue weighted by Gasteiger charge is 2.31. The van der Waals surface area contributed by atoms with Crippen LogP contribution in [0.25, 0.3) is 10.9 Å². The number of likely N-dealkylation sites (tertiary alicyclic amines) is 1. The first-order valence-corrected chi connectivity index (χ1v) is 11.4. The number of rotatable bonds is 6. The summed E-state index contributed by atoms with van der Waals surface area (Å²) in [4.78, 5) is 22.8. The average molecular weight is 496 g/mol. The molecular formula is C26H24ClF2N5O. The number of hydrogen-bond donors (Lipinski definition) is 2. The highest BCUT2D eigenvalue weighted by Crippen LogP contribution is 2.32. The molecule has 1 aliphatic rings. The van der Waals surface area contributed by atoms with Crippen molar-refractivity contribution < 1.29 is 13.6 Å². The second-order valence-electron chi connectivity index (χ2n) is 8.58. The van der Waals surface area contributed by atoms with E-state index < -0.39 is 11.7 Å². The van der Waals surface area contributed by atoms with Gasteiger partial charge in [-0.25, -0.2) is 18.7 Å². The largest absolute Gasteiger partial charge is 0.337 e. The van der Waals surface area contributed by atoms with Gasteiger partial charge < -0.3 is 10.6 Å². The van der Waals surface area contributed by atoms with Gasteiger partial charge in [-0.2, -0.15) is 0 Å². The lowest BCUT2D eigenvalue weighted by Crippen LogP contribution is -2.26. The Morgan fingerprint density at radius 1 is 1.34 bits per heavy atom.